The summed E-state index contributed by atoms with van der Waals surface area (Å²) < 4.78 is 6.59. The van der Waals surface area contributed by atoms with Crippen molar-refractivity contribution in [1.82, 2.24) is 9.88 Å². The predicted octanol–water partition coefficient (Wildman–Crippen LogP) is 2.60. The number of unbranched alkanes of at least 4 members (excludes halogenated alkanes) is 1. The van der Waals surface area contributed by atoms with Crippen LogP contribution in [0.4, 0.5) is 0 Å². The standard InChI is InChI=1S/C20H24N2O4/c1-3-5-11-26-20(25)16-12-17(18(23)21-4-2)19(24)22(14-16)13-15-9-7-6-8-10-15/h6-10,12,14H,3-5,11,13H2,1-2H3,(H,21,23). The summed E-state index contributed by atoms with van der Waals surface area (Å²) in [7, 11) is 0. The van der Waals surface area contributed by atoms with E-state index < -0.39 is 17.4 Å². The summed E-state index contributed by atoms with van der Waals surface area (Å²) in [6.45, 7) is 4.73. The predicted molar refractivity (Wildman–Crippen MR) is 99.4 cm³/mol. The molecule has 0 aliphatic carbocycles. The SMILES string of the molecule is CCCCOC(=O)c1cc(C(=O)NCC)c(=O)n(Cc2ccccc2)c1. The average Bonchev–Trinajstić information content (AvgIpc) is 2.64. The molecule has 0 fully saturated rings. The Balaban J connectivity index is 2.40. The first-order valence-corrected chi connectivity index (χ1v) is 8.80. The average molecular weight is 356 g/mol. The second kappa shape index (κ2) is 9.56. The number of rotatable bonds is 8. The monoisotopic (exact) mass is 356 g/mol. The van der Waals surface area contributed by atoms with Crippen molar-refractivity contribution in [1.29, 1.82) is 0 Å². The summed E-state index contributed by atoms with van der Waals surface area (Å²) >= 11 is 0. The normalized spacial score (nSPS) is 10.4. The summed E-state index contributed by atoms with van der Waals surface area (Å²) in [5.41, 5.74) is 0.587. The Hall–Kier alpha value is -2.89. The van der Waals surface area contributed by atoms with Crippen LogP contribution in [0.5, 0.6) is 0 Å². The molecule has 6 nitrogen and oxygen atoms in total. The van der Waals surface area contributed by atoms with E-state index in [1.807, 2.05) is 37.3 Å². The van der Waals surface area contributed by atoms with E-state index >= 15 is 0 Å². The van der Waals surface area contributed by atoms with Gasteiger partial charge in [-0.05, 0) is 25.0 Å². The van der Waals surface area contributed by atoms with E-state index in [9.17, 15) is 14.4 Å². The minimum atomic E-state index is -0.536. The first kappa shape index (κ1) is 19.4. The molecule has 0 spiro atoms. The lowest BCUT2D eigenvalue weighted by atomic mass is 10.1. The van der Waals surface area contributed by atoms with E-state index in [1.165, 1.54) is 16.8 Å². The highest BCUT2D eigenvalue weighted by molar-refractivity contribution is 5.97. The van der Waals surface area contributed by atoms with Crippen LogP contribution in [-0.4, -0.2) is 29.6 Å². The number of carbonyl (C=O) groups is 2. The zero-order valence-electron chi connectivity index (χ0n) is 15.2. The number of aromatic nitrogens is 1. The maximum Gasteiger partial charge on any atom is 0.339 e. The van der Waals surface area contributed by atoms with Crippen LogP contribution in [0.3, 0.4) is 0 Å². The molecule has 1 heterocycles. The molecule has 1 amide bonds. The Morgan fingerprint density at radius 1 is 1.15 bits per heavy atom. The molecule has 0 saturated carbocycles. The Morgan fingerprint density at radius 3 is 2.54 bits per heavy atom. The van der Waals surface area contributed by atoms with Crippen molar-refractivity contribution >= 4 is 11.9 Å². The molecule has 2 aromatic rings. The number of esters is 1. The van der Waals surface area contributed by atoms with Crippen LogP contribution in [0.1, 0.15) is 53.0 Å². The van der Waals surface area contributed by atoms with Gasteiger partial charge in [-0.3, -0.25) is 9.59 Å². The lowest BCUT2D eigenvalue weighted by molar-refractivity contribution is 0.0498. The second-order valence-electron chi connectivity index (χ2n) is 5.91. The molecule has 0 aliphatic heterocycles. The Kier molecular flexibility index (Phi) is 7.14. The zero-order valence-corrected chi connectivity index (χ0v) is 15.2. The summed E-state index contributed by atoms with van der Waals surface area (Å²) in [6, 6.07) is 10.7. The molecule has 0 aliphatic rings. The number of ether oxygens (including phenoxy) is 1. The third kappa shape index (κ3) is 5.05. The van der Waals surface area contributed by atoms with Crippen molar-refractivity contribution in [3.05, 3.63) is 69.6 Å². The third-order valence-electron chi connectivity index (χ3n) is 3.83. The number of hydrogen-bond donors (Lipinski definition) is 1. The molecular weight excluding hydrogens is 332 g/mol. The van der Waals surface area contributed by atoms with Crippen molar-refractivity contribution in [2.75, 3.05) is 13.2 Å². The molecule has 0 atom stereocenters. The van der Waals surface area contributed by atoms with Gasteiger partial charge in [0.25, 0.3) is 11.5 Å². The fraction of sp³-hybridized carbons (Fsp3) is 0.350. The lowest BCUT2D eigenvalue weighted by Crippen LogP contribution is -2.34. The van der Waals surface area contributed by atoms with Gasteiger partial charge in [0.1, 0.15) is 5.56 Å². The summed E-state index contributed by atoms with van der Waals surface area (Å²) in [5, 5.41) is 2.61. The molecule has 0 unspecified atom stereocenters. The van der Waals surface area contributed by atoms with Crippen molar-refractivity contribution in [2.45, 2.75) is 33.2 Å². The lowest BCUT2D eigenvalue weighted by Gasteiger charge is -2.12. The van der Waals surface area contributed by atoms with Crippen LogP contribution < -0.4 is 10.9 Å². The molecular formula is C20H24N2O4. The molecule has 1 aromatic heterocycles. The molecule has 2 rings (SSSR count). The second-order valence-corrected chi connectivity index (χ2v) is 5.91. The van der Waals surface area contributed by atoms with Crippen molar-refractivity contribution < 1.29 is 14.3 Å². The van der Waals surface area contributed by atoms with Crippen molar-refractivity contribution in [3.8, 4) is 0 Å². The smallest absolute Gasteiger partial charge is 0.339 e. The van der Waals surface area contributed by atoms with Gasteiger partial charge in [-0.1, -0.05) is 43.7 Å². The van der Waals surface area contributed by atoms with Gasteiger partial charge in [-0.15, -0.1) is 0 Å². The molecule has 0 bridgehead atoms. The van der Waals surface area contributed by atoms with E-state index in [0.717, 1.165) is 18.4 Å². The number of nitrogens with one attached hydrogen (secondary N) is 1. The quantitative estimate of drug-likeness (QED) is 0.583. The number of hydrogen-bond acceptors (Lipinski definition) is 4. The fourth-order valence-corrected chi connectivity index (χ4v) is 2.46. The van der Waals surface area contributed by atoms with Gasteiger partial charge in [0.2, 0.25) is 0 Å². The zero-order chi connectivity index (χ0) is 18.9. The van der Waals surface area contributed by atoms with Crippen LogP contribution in [0.25, 0.3) is 0 Å². The first-order chi connectivity index (χ1) is 12.6. The maximum absolute atomic E-state index is 12.7. The van der Waals surface area contributed by atoms with E-state index in [0.29, 0.717) is 13.2 Å². The van der Waals surface area contributed by atoms with Gasteiger partial charge in [-0.25, -0.2) is 4.79 Å². The topological polar surface area (TPSA) is 77.4 Å². The van der Waals surface area contributed by atoms with Gasteiger partial charge in [-0.2, -0.15) is 0 Å². The highest BCUT2D eigenvalue weighted by Crippen LogP contribution is 2.07. The van der Waals surface area contributed by atoms with E-state index in [2.05, 4.69) is 5.32 Å². The summed E-state index contributed by atoms with van der Waals surface area (Å²) in [4.78, 5) is 37.2. The van der Waals surface area contributed by atoms with Crippen molar-refractivity contribution in [3.63, 3.8) is 0 Å². The van der Waals surface area contributed by atoms with Gasteiger partial charge < -0.3 is 14.6 Å². The first-order valence-electron chi connectivity index (χ1n) is 8.80. The van der Waals surface area contributed by atoms with Gasteiger partial charge in [0.15, 0.2) is 0 Å². The Bertz CT molecular complexity index is 812. The number of nitrogens with zero attached hydrogens (tertiary/aromatic N) is 1. The van der Waals surface area contributed by atoms with Crippen LogP contribution in [-0.2, 0) is 11.3 Å². The molecule has 0 radical (unpaired) electrons. The van der Waals surface area contributed by atoms with E-state index in [-0.39, 0.29) is 17.7 Å². The molecule has 26 heavy (non-hydrogen) atoms. The van der Waals surface area contributed by atoms with Crippen molar-refractivity contribution in [2.24, 2.45) is 0 Å². The largest absolute Gasteiger partial charge is 0.462 e. The summed E-state index contributed by atoms with van der Waals surface area (Å²) in [6.07, 6.45) is 3.12. The molecule has 138 valence electrons. The van der Waals surface area contributed by atoms with Gasteiger partial charge >= 0.3 is 5.97 Å². The molecule has 1 N–H and O–H groups in total. The Morgan fingerprint density at radius 2 is 1.88 bits per heavy atom. The van der Waals surface area contributed by atoms with Crippen LogP contribution in [0.2, 0.25) is 0 Å². The van der Waals surface area contributed by atoms with E-state index in [1.54, 1.807) is 6.92 Å². The number of carbonyl (C=O) groups excluding carboxylic acids is 2. The van der Waals surface area contributed by atoms with Crippen LogP contribution in [0.15, 0.2) is 47.4 Å². The number of benzene rings is 1. The minimum Gasteiger partial charge on any atom is -0.462 e. The van der Waals surface area contributed by atoms with Crippen LogP contribution >= 0.6 is 0 Å². The highest BCUT2D eigenvalue weighted by Gasteiger charge is 2.18. The summed E-state index contributed by atoms with van der Waals surface area (Å²) in [5.74, 6) is -1.03. The van der Waals surface area contributed by atoms with Crippen LogP contribution in [0, 0.1) is 0 Å². The van der Waals surface area contributed by atoms with E-state index in [4.69, 9.17) is 4.74 Å². The number of pyridine rings is 1. The molecule has 0 saturated heterocycles. The molecule has 6 heteroatoms. The number of amides is 1. The maximum atomic E-state index is 12.7. The fourth-order valence-electron chi connectivity index (χ4n) is 2.46. The highest BCUT2D eigenvalue weighted by atomic mass is 16.5. The van der Waals surface area contributed by atoms with Gasteiger partial charge in [0, 0.05) is 12.7 Å². The molecule has 1 aromatic carbocycles. The third-order valence-corrected chi connectivity index (χ3v) is 3.83. The Labute approximate surface area is 152 Å². The van der Waals surface area contributed by atoms with Gasteiger partial charge in [0.05, 0.1) is 18.7 Å². The minimum absolute atomic E-state index is 0.0623.